The summed E-state index contributed by atoms with van der Waals surface area (Å²) in [5.74, 6) is 1.16. The lowest BCUT2D eigenvalue weighted by molar-refractivity contribution is -0.121. The fourth-order valence-electron chi connectivity index (χ4n) is 1.79. The smallest absolute Gasteiger partial charge is 0.224 e. The van der Waals surface area contributed by atoms with Crippen LogP contribution in [0, 0.1) is 11.8 Å². The normalized spacial score (nSPS) is 18.5. The molecular formula is C11H19NO. The third kappa shape index (κ3) is 2.33. The highest BCUT2D eigenvalue weighted by molar-refractivity contribution is 5.79. The molecule has 74 valence electrons. The number of rotatable bonds is 2. The molecule has 0 aromatic heterocycles. The largest absolute Gasteiger partial charge is 0.330 e. The Balaban J connectivity index is 2.93. The zero-order chi connectivity index (χ0) is 10.0. The van der Waals surface area contributed by atoms with E-state index in [4.69, 9.17) is 0 Å². The Morgan fingerprint density at radius 2 is 1.69 bits per heavy atom. The maximum Gasteiger partial charge on any atom is 0.224 e. The number of carbonyl (C=O) groups excluding carboxylic acids is 1. The summed E-state index contributed by atoms with van der Waals surface area (Å²) >= 11 is 0. The topological polar surface area (TPSA) is 29.1 Å². The van der Waals surface area contributed by atoms with Gasteiger partial charge >= 0.3 is 0 Å². The molecule has 0 saturated heterocycles. The van der Waals surface area contributed by atoms with Crippen LogP contribution in [-0.4, -0.2) is 5.91 Å². The highest BCUT2D eigenvalue weighted by atomic mass is 16.1. The van der Waals surface area contributed by atoms with Crippen molar-refractivity contribution in [3.63, 3.8) is 0 Å². The molecule has 2 nitrogen and oxygen atoms in total. The molecule has 1 amide bonds. The van der Waals surface area contributed by atoms with Crippen molar-refractivity contribution in [3.05, 3.63) is 11.3 Å². The Morgan fingerprint density at radius 1 is 1.08 bits per heavy atom. The van der Waals surface area contributed by atoms with Crippen molar-refractivity contribution in [2.45, 2.75) is 40.5 Å². The molecule has 0 bridgehead atoms. The van der Waals surface area contributed by atoms with Gasteiger partial charge in [-0.2, -0.15) is 0 Å². The van der Waals surface area contributed by atoms with Crippen LogP contribution >= 0.6 is 0 Å². The van der Waals surface area contributed by atoms with Gasteiger partial charge in [-0.3, -0.25) is 4.79 Å². The van der Waals surface area contributed by atoms with Crippen LogP contribution in [0.1, 0.15) is 40.5 Å². The second-order valence-corrected chi connectivity index (χ2v) is 4.30. The number of hydrogen-bond donors (Lipinski definition) is 1. The molecule has 0 fully saturated rings. The fraction of sp³-hybridized carbons (Fsp3) is 0.727. The highest BCUT2D eigenvalue weighted by Gasteiger charge is 2.21. The lowest BCUT2D eigenvalue weighted by Crippen LogP contribution is -2.31. The SMILES string of the molecule is CC(C)C1=C(C(C)C)NC(=O)CC1. The third-order valence-electron chi connectivity index (χ3n) is 2.52. The average molecular weight is 181 g/mol. The Kier molecular flexibility index (Phi) is 3.12. The summed E-state index contributed by atoms with van der Waals surface area (Å²) in [7, 11) is 0. The number of carbonyl (C=O) groups is 1. The molecule has 0 aliphatic carbocycles. The van der Waals surface area contributed by atoms with Gasteiger partial charge in [0, 0.05) is 12.1 Å². The van der Waals surface area contributed by atoms with Gasteiger partial charge in [0.05, 0.1) is 0 Å². The minimum absolute atomic E-state index is 0.174. The lowest BCUT2D eigenvalue weighted by Gasteiger charge is -2.26. The number of allylic oxidation sites excluding steroid dienone is 2. The predicted molar refractivity (Wildman–Crippen MR) is 54.1 cm³/mol. The van der Waals surface area contributed by atoms with E-state index in [0.29, 0.717) is 18.3 Å². The Bertz CT molecular complexity index is 238. The molecule has 2 heteroatoms. The molecule has 0 aromatic rings. The summed E-state index contributed by atoms with van der Waals surface area (Å²) in [5.41, 5.74) is 2.58. The summed E-state index contributed by atoms with van der Waals surface area (Å²) in [6.45, 7) is 8.64. The Morgan fingerprint density at radius 3 is 2.15 bits per heavy atom. The number of nitrogens with one attached hydrogen (secondary N) is 1. The average Bonchev–Trinajstić information content (AvgIpc) is 2.03. The molecule has 13 heavy (non-hydrogen) atoms. The zero-order valence-corrected chi connectivity index (χ0v) is 8.98. The molecule has 0 spiro atoms. The quantitative estimate of drug-likeness (QED) is 0.696. The molecule has 1 N–H and O–H groups in total. The van der Waals surface area contributed by atoms with Gasteiger partial charge in [-0.15, -0.1) is 0 Å². The summed E-state index contributed by atoms with van der Waals surface area (Å²) < 4.78 is 0. The van der Waals surface area contributed by atoms with Crippen LogP contribution in [0.25, 0.3) is 0 Å². The van der Waals surface area contributed by atoms with E-state index in [1.807, 2.05) is 0 Å². The van der Waals surface area contributed by atoms with Crippen molar-refractivity contribution >= 4 is 5.91 Å². The second-order valence-electron chi connectivity index (χ2n) is 4.30. The van der Waals surface area contributed by atoms with E-state index in [2.05, 4.69) is 33.0 Å². The van der Waals surface area contributed by atoms with Crippen molar-refractivity contribution in [3.8, 4) is 0 Å². The minimum atomic E-state index is 0.174. The fourth-order valence-corrected chi connectivity index (χ4v) is 1.79. The van der Waals surface area contributed by atoms with Crippen LogP contribution in [0.15, 0.2) is 11.3 Å². The number of amides is 1. The van der Waals surface area contributed by atoms with E-state index in [9.17, 15) is 4.79 Å². The number of hydrogen-bond acceptors (Lipinski definition) is 1. The van der Waals surface area contributed by atoms with Gasteiger partial charge in [0.15, 0.2) is 0 Å². The summed E-state index contributed by atoms with van der Waals surface area (Å²) in [6.07, 6.45) is 1.60. The molecule has 0 saturated carbocycles. The van der Waals surface area contributed by atoms with Crippen LogP contribution in [0.2, 0.25) is 0 Å². The van der Waals surface area contributed by atoms with E-state index < -0.39 is 0 Å². The first-order chi connectivity index (χ1) is 6.02. The van der Waals surface area contributed by atoms with Gasteiger partial charge in [-0.05, 0) is 23.8 Å². The summed E-state index contributed by atoms with van der Waals surface area (Å²) in [4.78, 5) is 11.2. The van der Waals surface area contributed by atoms with Gasteiger partial charge in [0.25, 0.3) is 0 Å². The molecule has 1 aliphatic rings. The zero-order valence-electron chi connectivity index (χ0n) is 8.98. The monoisotopic (exact) mass is 181 g/mol. The molecule has 1 heterocycles. The van der Waals surface area contributed by atoms with Crippen LogP contribution in [0.3, 0.4) is 0 Å². The van der Waals surface area contributed by atoms with Crippen molar-refractivity contribution in [2.24, 2.45) is 11.8 Å². The second kappa shape index (κ2) is 3.95. The van der Waals surface area contributed by atoms with Crippen molar-refractivity contribution in [1.82, 2.24) is 5.32 Å². The Labute approximate surface area is 80.4 Å². The van der Waals surface area contributed by atoms with Crippen molar-refractivity contribution in [2.75, 3.05) is 0 Å². The van der Waals surface area contributed by atoms with Gasteiger partial charge in [0.1, 0.15) is 0 Å². The van der Waals surface area contributed by atoms with Gasteiger partial charge in [0.2, 0.25) is 5.91 Å². The van der Waals surface area contributed by atoms with E-state index in [1.165, 1.54) is 5.57 Å². The minimum Gasteiger partial charge on any atom is -0.330 e. The molecule has 1 rings (SSSR count). The predicted octanol–water partition coefficient (Wildman–Crippen LogP) is 2.46. The van der Waals surface area contributed by atoms with Crippen LogP contribution in [0.5, 0.6) is 0 Å². The van der Waals surface area contributed by atoms with Gasteiger partial charge < -0.3 is 5.32 Å². The summed E-state index contributed by atoms with van der Waals surface area (Å²) in [5, 5.41) is 2.99. The third-order valence-corrected chi connectivity index (χ3v) is 2.52. The van der Waals surface area contributed by atoms with E-state index in [1.54, 1.807) is 0 Å². The first-order valence-electron chi connectivity index (χ1n) is 5.05. The maximum absolute atomic E-state index is 11.2. The summed E-state index contributed by atoms with van der Waals surface area (Å²) in [6, 6.07) is 0. The molecule has 0 unspecified atom stereocenters. The first-order valence-corrected chi connectivity index (χ1v) is 5.05. The van der Waals surface area contributed by atoms with E-state index in [-0.39, 0.29) is 5.91 Å². The van der Waals surface area contributed by atoms with Gasteiger partial charge in [-0.25, -0.2) is 0 Å². The first kappa shape index (κ1) is 10.3. The molecule has 0 atom stereocenters. The van der Waals surface area contributed by atoms with Crippen LogP contribution in [-0.2, 0) is 4.79 Å². The van der Waals surface area contributed by atoms with Crippen molar-refractivity contribution in [1.29, 1.82) is 0 Å². The molecule has 0 radical (unpaired) electrons. The van der Waals surface area contributed by atoms with Crippen molar-refractivity contribution < 1.29 is 4.79 Å². The maximum atomic E-state index is 11.2. The lowest BCUT2D eigenvalue weighted by atomic mass is 9.89. The van der Waals surface area contributed by atoms with Gasteiger partial charge in [-0.1, -0.05) is 27.7 Å². The van der Waals surface area contributed by atoms with E-state index >= 15 is 0 Å². The molecular weight excluding hydrogens is 162 g/mol. The van der Waals surface area contributed by atoms with Crippen LogP contribution in [0.4, 0.5) is 0 Å². The van der Waals surface area contributed by atoms with Crippen LogP contribution < -0.4 is 5.32 Å². The Hall–Kier alpha value is -0.790. The molecule has 1 aliphatic heterocycles. The van der Waals surface area contributed by atoms with E-state index in [0.717, 1.165) is 12.1 Å². The molecule has 0 aromatic carbocycles. The standard InChI is InChI=1S/C11H19NO/c1-7(2)9-5-6-10(13)12-11(9)8(3)4/h7-8H,5-6H2,1-4H3,(H,12,13). The highest BCUT2D eigenvalue weighted by Crippen LogP contribution is 2.26.